The van der Waals surface area contributed by atoms with Crippen LogP contribution in [0.15, 0.2) is 24.3 Å². The Morgan fingerprint density at radius 2 is 1.43 bits per heavy atom. The van der Waals surface area contributed by atoms with Crippen LogP contribution < -0.4 is 0 Å². The van der Waals surface area contributed by atoms with E-state index in [4.69, 9.17) is 0 Å². The minimum absolute atomic E-state index is 0.0195. The van der Waals surface area contributed by atoms with E-state index in [2.05, 4.69) is 15.3 Å². The predicted octanol–water partition coefficient (Wildman–Crippen LogP) is 2.67. The number of rotatable bonds is 9. The second kappa shape index (κ2) is 9.80. The molecule has 9 heteroatoms. The molecule has 2 amide bonds. The highest BCUT2D eigenvalue weighted by atomic mass is 32.1. The summed E-state index contributed by atoms with van der Waals surface area (Å²) in [5, 5.41) is 13.7. The molecule has 0 bridgehead atoms. The van der Waals surface area contributed by atoms with Gasteiger partial charge in [-0.2, -0.15) is 9.61 Å². The van der Waals surface area contributed by atoms with Crippen molar-refractivity contribution in [3.8, 4) is 10.6 Å². The van der Waals surface area contributed by atoms with Gasteiger partial charge >= 0.3 is 0 Å². The molecule has 1 aromatic carbocycles. The molecule has 8 nitrogen and oxygen atoms in total. The Hall–Kier alpha value is -2.81. The quantitative estimate of drug-likeness (QED) is 0.523. The van der Waals surface area contributed by atoms with Crippen molar-refractivity contribution in [2.24, 2.45) is 0 Å². The van der Waals surface area contributed by atoms with Gasteiger partial charge in [0.05, 0.1) is 12.8 Å². The Balaban J connectivity index is 1.75. The summed E-state index contributed by atoms with van der Waals surface area (Å²) in [6.45, 7) is 10.7. The molecule has 0 unspecified atom stereocenters. The number of nitrogens with zero attached hydrogens (tertiary/aromatic N) is 6. The average molecular weight is 429 g/mol. The van der Waals surface area contributed by atoms with Crippen LogP contribution in [0, 0.1) is 0 Å². The fraction of sp³-hybridized carbons (Fsp3) is 0.476. The summed E-state index contributed by atoms with van der Waals surface area (Å²) in [5.41, 5.74) is 1.93. The highest BCUT2D eigenvalue weighted by Crippen LogP contribution is 2.26. The van der Waals surface area contributed by atoms with Crippen molar-refractivity contribution >= 4 is 28.1 Å². The first-order chi connectivity index (χ1) is 14.5. The first-order valence-corrected chi connectivity index (χ1v) is 11.2. The first kappa shape index (κ1) is 21.9. The van der Waals surface area contributed by atoms with Crippen LogP contribution in [0.1, 0.15) is 39.1 Å². The summed E-state index contributed by atoms with van der Waals surface area (Å²) >= 11 is 1.43. The second-order valence-corrected chi connectivity index (χ2v) is 7.86. The number of likely N-dealkylation sites (N-methyl/N-ethyl adjacent to an activating group) is 2. The maximum absolute atomic E-state index is 12.4. The van der Waals surface area contributed by atoms with Gasteiger partial charge in [0.2, 0.25) is 16.8 Å². The number of carbonyl (C=O) groups is 2. The molecule has 0 saturated carbocycles. The Kier molecular flexibility index (Phi) is 7.15. The third-order valence-corrected chi connectivity index (χ3v) is 6.10. The highest BCUT2D eigenvalue weighted by molar-refractivity contribution is 7.19. The van der Waals surface area contributed by atoms with Crippen LogP contribution in [-0.2, 0) is 22.4 Å². The van der Waals surface area contributed by atoms with E-state index < -0.39 is 0 Å². The number of carbonyl (C=O) groups excluding carboxylic acids is 2. The molecule has 0 spiro atoms. The van der Waals surface area contributed by atoms with E-state index in [1.54, 1.807) is 9.42 Å². The zero-order valence-corrected chi connectivity index (χ0v) is 18.8. The number of hydrogen-bond acceptors (Lipinski definition) is 6. The van der Waals surface area contributed by atoms with Crippen molar-refractivity contribution in [3.63, 3.8) is 0 Å². The number of hydrogen-bond donors (Lipinski definition) is 0. The number of amides is 2. The van der Waals surface area contributed by atoms with Crippen molar-refractivity contribution < 1.29 is 9.59 Å². The van der Waals surface area contributed by atoms with Crippen molar-refractivity contribution in [2.45, 2.75) is 40.5 Å². The largest absolute Gasteiger partial charge is 0.343 e. The van der Waals surface area contributed by atoms with Crippen molar-refractivity contribution in [1.82, 2.24) is 29.6 Å². The summed E-state index contributed by atoms with van der Waals surface area (Å²) in [4.78, 5) is 29.0. The van der Waals surface area contributed by atoms with E-state index in [0.29, 0.717) is 30.3 Å². The average Bonchev–Trinajstić information content (AvgIpc) is 3.32. The third kappa shape index (κ3) is 4.67. The Morgan fingerprint density at radius 3 is 2.00 bits per heavy atom. The smallest absolute Gasteiger partial charge is 0.234 e. The lowest BCUT2D eigenvalue weighted by molar-refractivity contribution is -0.131. The van der Waals surface area contributed by atoms with Gasteiger partial charge in [-0.05, 0) is 33.3 Å². The Bertz CT molecular complexity index is 1000. The fourth-order valence-corrected chi connectivity index (χ4v) is 4.20. The molecule has 0 radical (unpaired) electrons. The molecule has 0 aliphatic rings. The summed E-state index contributed by atoms with van der Waals surface area (Å²) in [6, 6.07) is 7.86. The van der Waals surface area contributed by atoms with Gasteiger partial charge in [0, 0.05) is 31.7 Å². The molecule has 0 fully saturated rings. The highest BCUT2D eigenvalue weighted by Gasteiger charge is 2.18. The Morgan fingerprint density at radius 1 is 0.867 bits per heavy atom. The van der Waals surface area contributed by atoms with Crippen LogP contribution in [0.2, 0.25) is 0 Å². The van der Waals surface area contributed by atoms with Gasteiger partial charge in [-0.3, -0.25) is 9.59 Å². The van der Waals surface area contributed by atoms with E-state index >= 15 is 0 Å². The lowest BCUT2D eigenvalue weighted by Gasteiger charge is -2.18. The second-order valence-electron chi connectivity index (χ2n) is 6.90. The molecule has 160 valence electrons. The molecule has 3 aromatic rings. The van der Waals surface area contributed by atoms with Gasteiger partial charge in [-0.1, -0.05) is 35.6 Å². The summed E-state index contributed by atoms with van der Waals surface area (Å²) in [6.07, 6.45) is 0.573. The van der Waals surface area contributed by atoms with Crippen LogP contribution in [0.4, 0.5) is 0 Å². The molecule has 0 saturated heterocycles. The van der Waals surface area contributed by atoms with E-state index in [1.807, 2.05) is 56.9 Å². The van der Waals surface area contributed by atoms with Gasteiger partial charge in [0.15, 0.2) is 5.82 Å². The molecule has 3 rings (SSSR count). The van der Waals surface area contributed by atoms with Gasteiger partial charge < -0.3 is 9.80 Å². The molecule has 2 heterocycles. The summed E-state index contributed by atoms with van der Waals surface area (Å²) < 4.78 is 1.65. The fourth-order valence-electron chi connectivity index (χ4n) is 3.34. The van der Waals surface area contributed by atoms with Crippen LogP contribution in [-0.4, -0.2) is 67.6 Å². The predicted molar refractivity (Wildman–Crippen MR) is 117 cm³/mol. The monoisotopic (exact) mass is 428 g/mol. The third-order valence-electron chi connectivity index (χ3n) is 5.15. The van der Waals surface area contributed by atoms with Gasteiger partial charge in [0.1, 0.15) is 5.01 Å². The molecular weight excluding hydrogens is 400 g/mol. The van der Waals surface area contributed by atoms with Crippen LogP contribution in [0.5, 0.6) is 0 Å². The summed E-state index contributed by atoms with van der Waals surface area (Å²) in [5.74, 6) is 0.700. The van der Waals surface area contributed by atoms with Crippen LogP contribution in [0.3, 0.4) is 0 Å². The maximum Gasteiger partial charge on any atom is 0.234 e. The lowest BCUT2D eigenvalue weighted by atomic mass is 10.1. The molecule has 0 aliphatic carbocycles. The molecule has 0 atom stereocenters. The van der Waals surface area contributed by atoms with Gasteiger partial charge in [-0.25, -0.2) is 0 Å². The van der Waals surface area contributed by atoms with E-state index in [-0.39, 0.29) is 18.2 Å². The maximum atomic E-state index is 12.4. The molecule has 0 N–H and O–H groups in total. The van der Waals surface area contributed by atoms with Crippen molar-refractivity contribution in [3.05, 3.63) is 35.7 Å². The van der Waals surface area contributed by atoms with E-state index in [9.17, 15) is 9.59 Å². The zero-order chi connectivity index (χ0) is 21.7. The molecule has 0 aliphatic heterocycles. The van der Waals surface area contributed by atoms with E-state index in [0.717, 1.165) is 29.2 Å². The number of fused-ring (bicyclic) bond motifs is 1. The van der Waals surface area contributed by atoms with Crippen molar-refractivity contribution in [1.29, 1.82) is 0 Å². The van der Waals surface area contributed by atoms with Gasteiger partial charge in [-0.15, -0.1) is 10.2 Å². The Labute approximate surface area is 180 Å². The standard InChI is InChI=1S/C21H28N6O2S/c1-5-25(6-2)18(28)13-15-9-11-16(12-10-15)20-24-27-17(22-23-21(27)30-20)14-19(29)26(7-3)8-4/h9-12H,5-8,13-14H2,1-4H3. The first-order valence-electron chi connectivity index (χ1n) is 10.4. The number of aromatic nitrogens is 4. The van der Waals surface area contributed by atoms with E-state index in [1.165, 1.54) is 11.3 Å². The zero-order valence-electron chi connectivity index (χ0n) is 18.0. The lowest BCUT2D eigenvalue weighted by Crippen LogP contribution is -2.32. The summed E-state index contributed by atoms with van der Waals surface area (Å²) in [7, 11) is 0. The SMILES string of the molecule is CCN(CC)C(=O)Cc1ccc(-c2nn3c(CC(=O)N(CC)CC)nnc3s2)cc1. The number of benzene rings is 1. The minimum Gasteiger partial charge on any atom is -0.343 e. The van der Waals surface area contributed by atoms with Crippen LogP contribution in [0.25, 0.3) is 15.5 Å². The van der Waals surface area contributed by atoms with Crippen LogP contribution >= 0.6 is 11.3 Å². The minimum atomic E-state index is 0.0195. The topological polar surface area (TPSA) is 83.7 Å². The van der Waals surface area contributed by atoms with Gasteiger partial charge in [0.25, 0.3) is 0 Å². The molecular formula is C21H28N6O2S. The normalized spacial score (nSPS) is 11.1. The molecule has 30 heavy (non-hydrogen) atoms. The van der Waals surface area contributed by atoms with Crippen molar-refractivity contribution in [2.75, 3.05) is 26.2 Å². The molecule has 2 aromatic heterocycles.